The Bertz CT molecular complexity index is 946. The van der Waals surface area contributed by atoms with E-state index in [0.717, 1.165) is 26.2 Å². The van der Waals surface area contributed by atoms with Crippen LogP contribution in [0, 0.1) is 6.92 Å². The van der Waals surface area contributed by atoms with Crippen LogP contribution in [-0.2, 0) is 0 Å². The molecule has 4 rings (SSSR count). The molecule has 0 saturated carbocycles. The van der Waals surface area contributed by atoms with Crippen molar-refractivity contribution in [1.82, 2.24) is 9.80 Å². The van der Waals surface area contributed by atoms with Crippen LogP contribution in [0.3, 0.4) is 0 Å². The third-order valence-corrected chi connectivity index (χ3v) is 5.82. The number of rotatable bonds is 4. The van der Waals surface area contributed by atoms with Gasteiger partial charge in [0.2, 0.25) is 0 Å². The standard InChI is InChI=1S/C25H25ClN2O/c1-19-7-9-21(10-8-19)24(20-5-3-2-4-6-20)27-15-17-28(18-16-27)25(29)22-11-13-23(26)14-12-22/h2-14,24H,15-18H2,1H3/t24-/m1/s1. The van der Waals surface area contributed by atoms with Gasteiger partial charge in [0.1, 0.15) is 0 Å². The second kappa shape index (κ2) is 8.81. The Hall–Kier alpha value is -2.62. The topological polar surface area (TPSA) is 23.6 Å². The summed E-state index contributed by atoms with van der Waals surface area (Å²) < 4.78 is 0. The number of hydrogen-bond acceptors (Lipinski definition) is 2. The van der Waals surface area contributed by atoms with Crippen molar-refractivity contribution in [2.24, 2.45) is 0 Å². The summed E-state index contributed by atoms with van der Waals surface area (Å²) in [4.78, 5) is 17.2. The minimum Gasteiger partial charge on any atom is -0.336 e. The van der Waals surface area contributed by atoms with Crippen LogP contribution in [0.2, 0.25) is 5.02 Å². The molecule has 1 saturated heterocycles. The van der Waals surface area contributed by atoms with Crippen molar-refractivity contribution in [2.45, 2.75) is 13.0 Å². The fourth-order valence-corrected chi connectivity index (χ4v) is 4.08. The quantitative estimate of drug-likeness (QED) is 0.597. The monoisotopic (exact) mass is 404 g/mol. The summed E-state index contributed by atoms with van der Waals surface area (Å²) >= 11 is 5.95. The number of hydrogen-bond donors (Lipinski definition) is 0. The maximum Gasteiger partial charge on any atom is 0.253 e. The highest BCUT2D eigenvalue weighted by atomic mass is 35.5. The minimum absolute atomic E-state index is 0.0768. The third-order valence-electron chi connectivity index (χ3n) is 5.57. The number of nitrogens with zero attached hydrogens (tertiary/aromatic N) is 2. The van der Waals surface area contributed by atoms with E-state index in [-0.39, 0.29) is 11.9 Å². The van der Waals surface area contributed by atoms with Crippen molar-refractivity contribution in [1.29, 1.82) is 0 Å². The van der Waals surface area contributed by atoms with Crippen LogP contribution in [0.5, 0.6) is 0 Å². The number of halogens is 1. The van der Waals surface area contributed by atoms with Gasteiger partial charge in [-0.3, -0.25) is 9.69 Å². The fourth-order valence-electron chi connectivity index (χ4n) is 3.96. The summed E-state index contributed by atoms with van der Waals surface area (Å²) in [6, 6.07) is 26.8. The lowest BCUT2D eigenvalue weighted by Crippen LogP contribution is -2.49. The van der Waals surface area contributed by atoms with Gasteiger partial charge in [0, 0.05) is 36.8 Å². The zero-order valence-electron chi connectivity index (χ0n) is 16.6. The Morgan fingerprint density at radius 2 is 1.38 bits per heavy atom. The number of amides is 1. The van der Waals surface area contributed by atoms with E-state index < -0.39 is 0 Å². The lowest BCUT2D eigenvalue weighted by atomic mass is 9.95. The number of piperazine rings is 1. The first kappa shape index (κ1) is 19.7. The molecular weight excluding hydrogens is 380 g/mol. The summed E-state index contributed by atoms with van der Waals surface area (Å²) in [6.07, 6.45) is 0. The van der Waals surface area contributed by atoms with Gasteiger partial charge in [-0.25, -0.2) is 0 Å². The summed E-state index contributed by atoms with van der Waals surface area (Å²) in [5, 5.41) is 0.648. The zero-order valence-corrected chi connectivity index (χ0v) is 17.3. The lowest BCUT2D eigenvalue weighted by Gasteiger charge is -2.40. The van der Waals surface area contributed by atoms with Gasteiger partial charge in [-0.2, -0.15) is 0 Å². The van der Waals surface area contributed by atoms with Gasteiger partial charge in [-0.15, -0.1) is 0 Å². The second-order valence-electron chi connectivity index (χ2n) is 7.56. The van der Waals surface area contributed by atoms with E-state index in [4.69, 9.17) is 11.6 Å². The van der Waals surface area contributed by atoms with Gasteiger partial charge in [-0.1, -0.05) is 71.8 Å². The van der Waals surface area contributed by atoms with E-state index in [0.29, 0.717) is 10.6 Å². The Labute approximate surface area is 177 Å². The number of carbonyl (C=O) groups excluding carboxylic acids is 1. The maximum atomic E-state index is 12.8. The SMILES string of the molecule is Cc1ccc([C@@H](c2ccccc2)N2CCN(C(=O)c3ccc(Cl)cc3)CC2)cc1. The van der Waals surface area contributed by atoms with Crippen molar-refractivity contribution >= 4 is 17.5 Å². The molecule has 1 atom stereocenters. The molecule has 0 spiro atoms. The summed E-state index contributed by atoms with van der Waals surface area (Å²) in [5.74, 6) is 0.0768. The van der Waals surface area contributed by atoms with Crippen molar-refractivity contribution in [3.63, 3.8) is 0 Å². The van der Waals surface area contributed by atoms with Crippen LogP contribution in [0.4, 0.5) is 0 Å². The average Bonchev–Trinajstić information content (AvgIpc) is 2.77. The van der Waals surface area contributed by atoms with Crippen LogP contribution in [0.25, 0.3) is 0 Å². The molecule has 1 fully saturated rings. The van der Waals surface area contributed by atoms with Gasteiger partial charge < -0.3 is 4.90 Å². The molecule has 1 aliphatic rings. The molecule has 0 N–H and O–H groups in total. The Balaban J connectivity index is 1.51. The zero-order chi connectivity index (χ0) is 20.2. The van der Waals surface area contributed by atoms with Crippen molar-refractivity contribution < 1.29 is 4.79 Å². The Kier molecular flexibility index (Phi) is 5.98. The van der Waals surface area contributed by atoms with E-state index in [1.54, 1.807) is 24.3 Å². The Morgan fingerprint density at radius 3 is 2.00 bits per heavy atom. The predicted molar refractivity (Wildman–Crippen MR) is 118 cm³/mol. The first-order chi connectivity index (χ1) is 14.1. The molecule has 0 aromatic heterocycles. The number of aryl methyl sites for hydroxylation is 1. The van der Waals surface area contributed by atoms with E-state index in [2.05, 4.69) is 66.4 Å². The third kappa shape index (κ3) is 4.52. The summed E-state index contributed by atoms with van der Waals surface area (Å²) in [7, 11) is 0. The van der Waals surface area contributed by atoms with Gasteiger partial charge in [-0.05, 0) is 42.3 Å². The smallest absolute Gasteiger partial charge is 0.253 e. The van der Waals surface area contributed by atoms with E-state index in [9.17, 15) is 4.79 Å². The number of benzene rings is 3. The van der Waals surface area contributed by atoms with Crippen molar-refractivity contribution in [3.8, 4) is 0 Å². The highest BCUT2D eigenvalue weighted by Crippen LogP contribution is 2.30. The summed E-state index contributed by atoms with van der Waals surface area (Å²) in [6.45, 7) is 5.23. The van der Waals surface area contributed by atoms with Crippen LogP contribution >= 0.6 is 11.6 Å². The largest absolute Gasteiger partial charge is 0.336 e. The molecule has 1 heterocycles. The van der Waals surface area contributed by atoms with Gasteiger partial charge >= 0.3 is 0 Å². The average molecular weight is 405 g/mol. The van der Waals surface area contributed by atoms with Gasteiger partial charge in [0.25, 0.3) is 5.91 Å². The lowest BCUT2D eigenvalue weighted by molar-refractivity contribution is 0.0597. The molecule has 3 aromatic carbocycles. The predicted octanol–water partition coefficient (Wildman–Crippen LogP) is 5.20. The highest BCUT2D eigenvalue weighted by molar-refractivity contribution is 6.30. The molecule has 1 amide bonds. The molecule has 0 aliphatic carbocycles. The van der Waals surface area contributed by atoms with Crippen LogP contribution in [-0.4, -0.2) is 41.9 Å². The van der Waals surface area contributed by atoms with Gasteiger partial charge in [0.15, 0.2) is 0 Å². The second-order valence-corrected chi connectivity index (χ2v) is 8.00. The molecule has 0 bridgehead atoms. The summed E-state index contributed by atoms with van der Waals surface area (Å²) in [5.41, 5.74) is 4.54. The van der Waals surface area contributed by atoms with E-state index in [1.165, 1.54) is 16.7 Å². The van der Waals surface area contributed by atoms with Crippen LogP contribution < -0.4 is 0 Å². The first-order valence-corrected chi connectivity index (χ1v) is 10.4. The molecule has 0 radical (unpaired) electrons. The molecule has 4 heteroatoms. The first-order valence-electron chi connectivity index (χ1n) is 10.0. The van der Waals surface area contributed by atoms with Crippen LogP contribution in [0.1, 0.15) is 33.1 Å². The molecule has 0 unspecified atom stereocenters. The van der Waals surface area contributed by atoms with Crippen LogP contribution in [0.15, 0.2) is 78.9 Å². The molecule has 148 valence electrons. The minimum atomic E-state index is 0.0768. The fraction of sp³-hybridized carbons (Fsp3) is 0.240. The molecule has 3 nitrogen and oxygen atoms in total. The van der Waals surface area contributed by atoms with E-state index in [1.807, 2.05) is 4.90 Å². The molecule has 1 aliphatic heterocycles. The van der Waals surface area contributed by atoms with Gasteiger partial charge in [0.05, 0.1) is 6.04 Å². The highest BCUT2D eigenvalue weighted by Gasteiger charge is 2.28. The van der Waals surface area contributed by atoms with Crippen molar-refractivity contribution in [3.05, 3.63) is 106 Å². The maximum absolute atomic E-state index is 12.8. The molecular formula is C25H25ClN2O. The van der Waals surface area contributed by atoms with E-state index >= 15 is 0 Å². The molecule has 3 aromatic rings. The van der Waals surface area contributed by atoms with Crippen molar-refractivity contribution in [2.75, 3.05) is 26.2 Å². The normalized spacial score (nSPS) is 15.9. The molecule has 29 heavy (non-hydrogen) atoms. The number of carbonyl (C=O) groups is 1. The Morgan fingerprint density at radius 1 is 0.793 bits per heavy atom.